The van der Waals surface area contributed by atoms with E-state index in [-0.39, 0.29) is 30.6 Å². The van der Waals surface area contributed by atoms with E-state index < -0.39 is 17.5 Å². The Morgan fingerprint density at radius 1 is 1.26 bits per heavy atom. The van der Waals surface area contributed by atoms with Crippen molar-refractivity contribution in [3.05, 3.63) is 87.9 Å². The van der Waals surface area contributed by atoms with Crippen molar-refractivity contribution in [1.29, 1.82) is 5.26 Å². The third-order valence-corrected chi connectivity index (χ3v) is 6.04. The number of rotatable bonds is 8. The fourth-order valence-electron chi connectivity index (χ4n) is 3.88. The van der Waals surface area contributed by atoms with E-state index in [1.54, 1.807) is 35.4 Å². The van der Waals surface area contributed by atoms with E-state index in [0.29, 0.717) is 27.4 Å². The Labute approximate surface area is 222 Å². The van der Waals surface area contributed by atoms with Crippen LogP contribution >= 0.6 is 11.6 Å². The van der Waals surface area contributed by atoms with E-state index in [0.717, 1.165) is 0 Å². The van der Waals surface area contributed by atoms with Gasteiger partial charge < -0.3 is 25.0 Å². The van der Waals surface area contributed by atoms with E-state index in [9.17, 15) is 19.6 Å². The maximum atomic E-state index is 13.5. The van der Waals surface area contributed by atoms with Crippen LogP contribution in [0.25, 0.3) is 11.1 Å². The van der Waals surface area contributed by atoms with Gasteiger partial charge in [-0.25, -0.2) is 4.98 Å². The minimum atomic E-state index is -1.01. The van der Waals surface area contributed by atoms with Gasteiger partial charge in [0, 0.05) is 35.5 Å². The molecule has 0 aliphatic carbocycles. The molecule has 4 rings (SSSR count). The molecule has 0 radical (unpaired) electrons. The number of nitriles is 1. The third-order valence-electron chi connectivity index (χ3n) is 5.80. The second-order valence-corrected chi connectivity index (χ2v) is 8.61. The number of nitrogens with one attached hydrogen (secondary N) is 2. The molecule has 1 aromatic carbocycles. The first kappa shape index (κ1) is 26.2. The first-order valence-corrected chi connectivity index (χ1v) is 11.7. The highest BCUT2D eigenvalue weighted by Crippen LogP contribution is 2.33. The second-order valence-electron chi connectivity index (χ2n) is 8.17. The summed E-state index contributed by atoms with van der Waals surface area (Å²) in [6.07, 6.45) is 5.94. The molecule has 11 nitrogen and oxygen atoms in total. The summed E-state index contributed by atoms with van der Waals surface area (Å²) < 4.78 is 12.0. The minimum absolute atomic E-state index is 0.106. The lowest BCUT2D eigenvalue weighted by atomic mass is 10.0. The smallest absolute Gasteiger partial charge is 0.269 e. The number of anilines is 1. The summed E-state index contributed by atoms with van der Waals surface area (Å²) in [5.74, 6) is -0.595. The van der Waals surface area contributed by atoms with Crippen LogP contribution in [0.15, 0.2) is 66.0 Å². The minimum Gasteiger partial charge on any atom is -0.495 e. The van der Waals surface area contributed by atoms with E-state index in [1.165, 1.54) is 49.5 Å². The molecule has 2 amide bonds. The number of pyridine rings is 2. The van der Waals surface area contributed by atoms with Crippen LogP contribution in [0.4, 0.5) is 5.69 Å². The van der Waals surface area contributed by atoms with Gasteiger partial charge in [0.15, 0.2) is 6.73 Å². The molecule has 0 saturated heterocycles. The van der Waals surface area contributed by atoms with E-state index >= 15 is 0 Å². The number of carbonyl (C=O) groups excluding carboxylic acids is 2. The Morgan fingerprint density at radius 2 is 2.08 bits per heavy atom. The van der Waals surface area contributed by atoms with Crippen LogP contribution in [0.3, 0.4) is 0 Å². The van der Waals surface area contributed by atoms with Gasteiger partial charge in [0.1, 0.15) is 23.7 Å². The van der Waals surface area contributed by atoms with E-state index in [2.05, 4.69) is 21.7 Å². The molecule has 3 heterocycles. The first-order chi connectivity index (χ1) is 18.3. The van der Waals surface area contributed by atoms with Gasteiger partial charge in [-0.3, -0.25) is 19.0 Å². The molecule has 2 aromatic heterocycles. The van der Waals surface area contributed by atoms with Crippen LogP contribution < -0.4 is 20.9 Å². The van der Waals surface area contributed by atoms with Gasteiger partial charge in [-0.1, -0.05) is 11.6 Å². The molecular formula is C26H23ClN6O5. The number of hydrogen-bond donors (Lipinski definition) is 2. The monoisotopic (exact) mass is 534 g/mol. The van der Waals surface area contributed by atoms with Crippen molar-refractivity contribution in [3.63, 3.8) is 0 Å². The quantitative estimate of drug-likeness (QED) is 0.450. The first-order valence-electron chi connectivity index (χ1n) is 11.4. The molecule has 12 heteroatoms. The lowest BCUT2D eigenvalue weighted by Crippen LogP contribution is -2.39. The van der Waals surface area contributed by atoms with Gasteiger partial charge in [-0.15, -0.1) is 0 Å². The average molecular weight is 535 g/mol. The molecule has 1 aliphatic heterocycles. The number of carbonyl (C=O) groups is 2. The predicted octanol–water partition coefficient (Wildman–Crippen LogP) is 2.74. The largest absolute Gasteiger partial charge is 0.495 e. The summed E-state index contributed by atoms with van der Waals surface area (Å²) in [7, 11) is 2.92. The molecule has 1 unspecified atom stereocenters. The molecule has 1 aliphatic rings. The molecule has 194 valence electrons. The number of hydrogen-bond acceptors (Lipinski definition) is 8. The zero-order valence-electron chi connectivity index (χ0n) is 20.5. The van der Waals surface area contributed by atoms with Crippen molar-refractivity contribution in [1.82, 2.24) is 19.8 Å². The van der Waals surface area contributed by atoms with E-state index in [4.69, 9.17) is 21.1 Å². The zero-order chi connectivity index (χ0) is 27.2. The van der Waals surface area contributed by atoms with Crippen molar-refractivity contribution in [2.75, 3.05) is 32.7 Å². The Kier molecular flexibility index (Phi) is 7.94. The summed E-state index contributed by atoms with van der Waals surface area (Å²) in [5.41, 5.74) is 1.14. The molecule has 0 bridgehead atoms. The molecule has 1 atom stereocenters. The highest BCUT2D eigenvalue weighted by Gasteiger charge is 2.27. The van der Waals surface area contributed by atoms with Crippen molar-refractivity contribution >= 4 is 29.1 Å². The summed E-state index contributed by atoms with van der Waals surface area (Å²) in [6.45, 7) is 0.319. The SMILES string of the molecule is CNC(=O)c1ccc(NC(=O)C(CN2C=COC2)n2cc(OC)c(-c3cc(Cl)ccc3C#N)cc2=O)cn1. The Bertz CT molecular complexity index is 1500. The number of aromatic nitrogens is 2. The number of amides is 2. The topological polar surface area (TPSA) is 139 Å². The second kappa shape index (κ2) is 11.5. The van der Waals surface area contributed by atoms with Crippen molar-refractivity contribution in [2.24, 2.45) is 0 Å². The molecule has 3 aromatic rings. The molecule has 0 fully saturated rings. The maximum absolute atomic E-state index is 13.5. The lowest BCUT2D eigenvalue weighted by Gasteiger charge is -2.25. The fourth-order valence-corrected chi connectivity index (χ4v) is 4.05. The third kappa shape index (κ3) is 5.61. The van der Waals surface area contributed by atoms with E-state index in [1.807, 2.05) is 0 Å². The summed E-state index contributed by atoms with van der Waals surface area (Å²) >= 11 is 6.15. The summed E-state index contributed by atoms with van der Waals surface area (Å²) in [6, 6.07) is 10.1. The maximum Gasteiger partial charge on any atom is 0.269 e. The molecule has 38 heavy (non-hydrogen) atoms. The van der Waals surface area contributed by atoms with Crippen molar-refractivity contribution in [2.45, 2.75) is 6.04 Å². The fraction of sp³-hybridized carbons (Fsp3) is 0.192. The van der Waals surface area contributed by atoms with Crippen LogP contribution in [0.2, 0.25) is 5.02 Å². The molecule has 0 spiro atoms. The molecule has 0 saturated carbocycles. The molecular weight excluding hydrogens is 512 g/mol. The number of methoxy groups -OCH3 is 1. The summed E-state index contributed by atoms with van der Waals surface area (Å²) in [4.78, 5) is 44.4. The van der Waals surface area contributed by atoms with Crippen molar-refractivity contribution in [3.8, 4) is 22.9 Å². The number of benzene rings is 1. The Morgan fingerprint density at radius 3 is 2.71 bits per heavy atom. The van der Waals surface area contributed by atoms with Crippen LogP contribution in [0.1, 0.15) is 22.1 Å². The average Bonchev–Trinajstić information content (AvgIpc) is 3.45. The lowest BCUT2D eigenvalue weighted by molar-refractivity contribution is -0.119. The van der Waals surface area contributed by atoms with Gasteiger partial charge in [0.2, 0.25) is 5.91 Å². The Hall–Kier alpha value is -4.82. The number of ether oxygens (including phenoxy) is 2. The van der Waals surface area contributed by atoms with Gasteiger partial charge >= 0.3 is 0 Å². The number of nitrogens with zero attached hydrogens (tertiary/aromatic N) is 4. The normalized spacial score (nSPS) is 12.8. The predicted molar refractivity (Wildman–Crippen MR) is 140 cm³/mol. The highest BCUT2D eigenvalue weighted by molar-refractivity contribution is 6.31. The van der Waals surface area contributed by atoms with Crippen molar-refractivity contribution < 1.29 is 19.1 Å². The summed E-state index contributed by atoms with van der Waals surface area (Å²) in [5, 5.41) is 15.2. The van der Waals surface area contributed by atoms with Gasteiger partial charge in [0.05, 0.1) is 43.4 Å². The zero-order valence-corrected chi connectivity index (χ0v) is 21.2. The van der Waals surface area contributed by atoms with Gasteiger partial charge in [-0.05, 0) is 30.3 Å². The highest BCUT2D eigenvalue weighted by atomic mass is 35.5. The Balaban J connectivity index is 1.72. The van der Waals surface area contributed by atoms with Crippen LogP contribution in [-0.2, 0) is 9.53 Å². The van der Waals surface area contributed by atoms with Gasteiger partial charge in [0.25, 0.3) is 11.5 Å². The van der Waals surface area contributed by atoms with Crippen LogP contribution in [0.5, 0.6) is 5.75 Å². The van der Waals surface area contributed by atoms with Crippen LogP contribution in [-0.4, -0.2) is 53.7 Å². The number of halogens is 1. The molecule has 2 N–H and O–H groups in total. The van der Waals surface area contributed by atoms with Crippen LogP contribution in [0, 0.1) is 11.3 Å². The van der Waals surface area contributed by atoms with Gasteiger partial charge in [-0.2, -0.15) is 5.26 Å². The standard InChI is InChI=1S/C26H23ClN6O5/c1-29-25(35)21-6-5-18(12-30-21)31-26(36)22(13-32-7-8-38-15-32)33-14-23(37-2)20(10-24(33)34)19-9-17(27)4-3-16(19)11-28/h3-10,12,14,22H,13,15H2,1-2H3,(H,29,35)(H,31,36).